The van der Waals surface area contributed by atoms with Gasteiger partial charge in [-0.15, -0.1) is 0 Å². The van der Waals surface area contributed by atoms with E-state index in [1.807, 2.05) is 6.92 Å². The number of sulfonamides is 1. The number of hydrogen-bond donors (Lipinski definition) is 1. The molecular weight excluding hydrogens is 420 g/mol. The van der Waals surface area contributed by atoms with Gasteiger partial charge in [-0.1, -0.05) is 17.7 Å². The van der Waals surface area contributed by atoms with Gasteiger partial charge < -0.3 is 14.8 Å². The Hall–Kier alpha value is -3.53. The molecule has 0 aliphatic carbocycles. The lowest BCUT2D eigenvalue weighted by atomic mass is 10.2. The standard InChI is InChI=1S/C21H24N4O5S/c1-14-6-9-16(10-7-14)31(27,28)25(3)21-17(13-22-24(21)2)20(26)23-18-12-15(29-4)8-11-19(18)30-5/h6-13H,1-5H3,(H,23,26). The number of carbonyl (C=O) groups excluding carboxylic acids is 1. The second-order valence-electron chi connectivity index (χ2n) is 6.81. The molecule has 1 amide bonds. The molecule has 0 saturated carbocycles. The highest BCUT2D eigenvalue weighted by molar-refractivity contribution is 7.92. The third kappa shape index (κ3) is 4.33. The summed E-state index contributed by atoms with van der Waals surface area (Å²) in [4.78, 5) is 13.2. The van der Waals surface area contributed by atoms with Crippen molar-refractivity contribution in [2.75, 3.05) is 30.9 Å². The molecule has 164 valence electrons. The summed E-state index contributed by atoms with van der Waals surface area (Å²) >= 11 is 0. The van der Waals surface area contributed by atoms with Crippen molar-refractivity contribution in [3.63, 3.8) is 0 Å². The first-order chi connectivity index (χ1) is 14.7. The minimum Gasteiger partial charge on any atom is -0.497 e. The van der Waals surface area contributed by atoms with Gasteiger partial charge >= 0.3 is 0 Å². The molecule has 9 nitrogen and oxygen atoms in total. The number of benzene rings is 2. The molecule has 0 unspecified atom stereocenters. The van der Waals surface area contributed by atoms with Gasteiger partial charge in [-0.25, -0.2) is 8.42 Å². The lowest BCUT2D eigenvalue weighted by molar-refractivity contribution is 0.102. The normalized spacial score (nSPS) is 11.1. The van der Waals surface area contributed by atoms with E-state index in [0.717, 1.165) is 9.87 Å². The van der Waals surface area contributed by atoms with E-state index in [9.17, 15) is 13.2 Å². The van der Waals surface area contributed by atoms with Crippen molar-refractivity contribution in [1.29, 1.82) is 0 Å². The number of anilines is 2. The van der Waals surface area contributed by atoms with Crippen LogP contribution in [0.2, 0.25) is 0 Å². The number of carbonyl (C=O) groups is 1. The van der Waals surface area contributed by atoms with Gasteiger partial charge in [0.25, 0.3) is 15.9 Å². The molecule has 0 radical (unpaired) electrons. The van der Waals surface area contributed by atoms with Crippen LogP contribution in [0.1, 0.15) is 15.9 Å². The summed E-state index contributed by atoms with van der Waals surface area (Å²) in [6.07, 6.45) is 1.32. The van der Waals surface area contributed by atoms with Crippen molar-refractivity contribution in [3.8, 4) is 11.5 Å². The second kappa shape index (κ2) is 8.68. The molecule has 31 heavy (non-hydrogen) atoms. The fourth-order valence-electron chi connectivity index (χ4n) is 3.05. The lowest BCUT2D eigenvalue weighted by Gasteiger charge is -2.21. The molecule has 3 aromatic rings. The maximum Gasteiger partial charge on any atom is 0.265 e. The van der Waals surface area contributed by atoms with Crippen molar-refractivity contribution in [2.24, 2.45) is 7.05 Å². The quantitative estimate of drug-likeness (QED) is 0.601. The van der Waals surface area contributed by atoms with Crippen LogP contribution in [0.15, 0.2) is 53.6 Å². The Morgan fingerprint density at radius 2 is 1.77 bits per heavy atom. The predicted molar refractivity (Wildman–Crippen MR) is 117 cm³/mol. The van der Waals surface area contributed by atoms with E-state index in [-0.39, 0.29) is 16.3 Å². The van der Waals surface area contributed by atoms with Gasteiger partial charge in [-0.2, -0.15) is 5.10 Å². The summed E-state index contributed by atoms with van der Waals surface area (Å²) in [6.45, 7) is 1.87. The number of amides is 1. The van der Waals surface area contributed by atoms with Gasteiger partial charge in [0.15, 0.2) is 5.82 Å². The Morgan fingerprint density at radius 1 is 1.10 bits per heavy atom. The first-order valence-electron chi connectivity index (χ1n) is 9.30. The second-order valence-corrected chi connectivity index (χ2v) is 8.78. The van der Waals surface area contributed by atoms with E-state index in [1.54, 1.807) is 37.4 Å². The number of hydrogen-bond acceptors (Lipinski definition) is 6. The molecule has 1 aromatic heterocycles. The summed E-state index contributed by atoms with van der Waals surface area (Å²) in [5.41, 5.74) is 1.41. The van der Waals surface area contributed by atoms with Crippen molar-refractivity contribution < 1.29 is 22.7 Å². The number of nitrogens with zero attached hydrogens (tertiary/aromatic N) is 3. The summed E-state index contributed by atoms with van der Waals surface area (Å²) in [6, 6.07) is 11.5. The highest BCUT2D eigenvalue weighted by Crippen LogP contribution is 2.31. The molecular formula is C21H24N4O5S. The van der Waals surface area contributed by atoms with Crippen LogP contribution in [0, 0.1) is 6.92 Å². The molecule has 0 aliphatic rings. The average Bonchev–Trinajstić information content (AvgIpc) is 3.14. The minimum absolute atomic E-state index is 0.0885. The SMILES string of the molecule is COc1ccc(OC)c(NC(=O)c2cnn(C)c2N(C)S(=O)(=O)c2ccc(C)cc2)c1. The number of aryl methyl sites for hydroxylation is 2. The zero-order valence-corrected chi connectivity index (χ0v) is 18.7. The van der Waals surface area contributed by atoms with E-state index in [4.69, 9.17) is 9.47 Å². The Balaban J connectivity index is 1.97. The minimum atomic E-state index is -3.91. The van der Waals surface area contributed by atoms with Crippen molar-refractivity contribution in [2.45, 2.75) is 11.8 Å². The van der Waals surface area contributed by atoms with Crippen LogP contribution in [-0.4, -0.2) is 45.4 Å². The molecule has 0 saturated heterocycles. The number of rotatable bonds is 7. The number of nitrogens with one attached hydrogen (secondary N) is 1. The summed E-state index contributed by atoms with van der Waals surface area (Å²) in [7, 11) is 2.04. The molecule has 0 aliphatic heterocycles. The summed E-state index contributed by atoms with van der Waals surface area (Å²) in [5, 5.41) is 6.83. The molecule has 1 heterocycles. The van der Waals surface area contributed by atoms with E-state index in [0.29, 0.717) is 17.2 Å². The van der Waals surface area contributed by atoms with Crippen molar-refractivity contribution >= 4 is 27.4 Å². The van der Waals surface area contributed by atoms with Gasteiger partial charge in [0.2, 0.25) is 0 Å². The first-order valence-corrected chi connectivity index (χ1v) is 10.7. The number of ether oxygens (including phenoxy) is 2. The average molecular weight is 445 g/mol. The Kier molecular flexibility index (Phi) is 6.21. The molecule has 0 bridgehead atoms. The van der Waals surface area contributed by atoms with Crippen molar-refractivity contribution in [3.05, 3.63) is 59.8 Å². The van der Waals surface area contributed by atoms with Crippen LogP contribution in [0.25, 0.3) is 0 Å². The first kappa shape index (κ1) is 22.2. The predicted octanol–water partition coefficient (Wildman–Crippen LogP) is 2.82. The van der Waals surface area contributed by atoms with Crippen LogP contribution in [0.4, 0.5) is 11.5 Å². The van der Waals surface area contributed by atoms with Crippen LogP contribution >= 0.6 is 0 Å². The van der Waals surface area contributed by atoms with E-state index in [1.165, 1.54) is 44.3 Å². The molecule has 10 heteroatoms. The van der Waals surface area contributed by atoms with Gasteiger partial charge in [-0.3, -0.25) is 13.8 Å². The van der Waals surface area contributed by atoms with E-state index >= 15 is 0 Å². The smallest absolute Gasteiger partial charge is 0.265 e. The molecule has 1 N–H and O–H groups in total. The Labute approximate surface area is 181 Å². The number of methoxy groups -OCH3 is 2. The van der Waals surface area contributed by atoms with Gasteiger partial charge in [0.05, 0.1) is 31.0 Å². The van der Waals surface area contributed by atoms with Crippen LogP contribution in [0.5, 0.6) is 11.5 Å². The van der Waals surface area contributed by atoms with E-state index < -0.39 is 15.9 Å². The van der Waals surface area contributed by atoms with Gasteiger partial charge in [0.1, 0.15) is 17.1 Å². The number of aromatic nitrogens is 2. The fraction of sp³-hybridized carbons (Fsp3) is 0.238. The van der Waals surface area contributed by atoms with Crippen LogP contribution in [-0.2, 0) is 17.1 Å². The van der Waals surface area contributed by atoms with Gasteiger partial charge in [0, 0.05) is 20.2 Å². The third-order valence-electron chi connectivity index (χ3n) is 4.78. The Morgan fingerprint density at radius 3 is 2.39 bits per heavy atom. The summed E-state index contributed by atoms with van der Waals surface area (Å²) in [5.74, 6) is 0.544. The monoisotopic (exact) mass is 444 g/mol. The molecule has 3 rings (SSSR count). The zero-order chi connectivity index (χ0) is 22.8. The molecule has 0 spiro atoms. The maximum atomic E-state index is 13.1. The highest BCUT2D eigenvalue weighted by Gasteiger charge is 2.29. The third-order valence-corrected chi connectivity index (χ3v) is 6.55. The topological polar surface area (TPSA) is 103 Å². The van der Waals surface area contributed by atoms with E-state index in [2.05, 4.69) is 10.4 Å². The largest absolute Gasteiger partial charge is 0.497 e. The summed E-state index contributed by atoms with van der Waals surface area (Å²) < 4.78 is 39.1. The fourth-order valence-corrected chi connectivity index (χ4v) is 4.29. The highest BCUT2D eigenvalue weighted by atomic mass is 32.2. The van der Waals surface area contributed by atoms with Crippen LogP contribution < -0.4 is 19.1 Å². The lowest BCUT2D eigenvalue weighted by Crippen LogP contribution is -2.30. The van der Waals surface area contributed by atoms with Crippen molar-refractivity contribution in [1.82, 2.24) is 9.78 Å². The van der Waals surface area contributed by atoms with Crippen LogP contribution in [0.3, 0.4) is 0 Å². The molecule has 0 atom stereocenters. The van der Waals surface area contributed by atoms with Gasteiger partial charge in [-0.05, 0) is 31.2 Å². The molecule has 0 fully saturated rings. The maximum absolute atomic E-state index is 13.1. The zero-order valence-electron chi connectivity index (χ0n) is 17.9. The Bertz CT molecular complexity index is 1200. The molecule has 2 aromatic carbocycles.